The van der Waals surface area contributed by atoms with Gasteiger partial charge in [0.15, 0.2) is 0 Å². The second-order valence-corrected chi connectivity index (χ2v) is 4.93. The first-order valence-corrected chi connectivity index (χ1v) is 6.70. The molecule has 0 unspecified atom stereocenters. The maximum Gasteiger partial charge on any atom is 0.258 e. The molecule has 1 aliphatic rings. The van der Waals surface area contributed by atoms with Gasteiger partial charge < -0.3 is 10.6 Å². The van der Waals surface area contributed by atoms with E-state index < -0.39 is 0 Å². The Balaban J connectivity index is 1.58. The molecule has 2 aromatic rings. The molecule has 5 heteroatoms. The summed E-state index contributed by atoms with van der Waals surface area (Å²) in [4.78, 5) is 19.6. The molecule has 5 nitrogen and oxygen atoms in total. The van der Waals surface area contributed by atoms with Crippen molar-refractivity contribution in [2.45, 2.75) is 25.4 Å². The van der Waals surface area contributed by atoms with Crippen LogP contribution >= 0.6 is 0 Å². The molecule has 0 radical (unpaired) electrons. The lowest BCUT2D eigenvalue weighted by Crippen LogP contribution is -2.15. The number of amides is 1. The largest absolute Gasteiger partial charge is 0.322 e. The zero-order valence-electron chi connectivity index (χ0n) is 11.0. The third-order valence-electron chi connectivity index (χ3n) is 3.21. The summed E-state index contributed by atoms with van der Waals surface area (Å²) in [5, 5.41) is 6.28. The van der Waals surface area contributed by atoms with Crippen LogP contribution in [-0.4, -0.2) is 21.9 Å². The lowest BCUT2D eigenvalue weighted by Gasteiger charge is -2.07. The van der Waals surface area contributed by atoms with Crippen LogP contribution in [0.15, 0.2) is 43.0 Å². The topological polar surface area (TPSA) is 66.9 Å². The van der Waals surface area contributed by atoms with Crippen molar-refractivity contribution in [3.63, 3.8) is 0 Å². The molecule has 1 fully saturated rings. The quantitative estimate of drug-likeness (QED) is 0.870. The van der Waals surface area contributed by atoms with Gasteiger partial charge in [0.2, 0.25) is 0 Å². The maximum atomic E-state index is 11.9. The van der Waals surface area contributed by atoms with E-state index in [0.29, 0.717) is 11.6 Å². The van der Waals surface area contributed by atoms with E-state index in [2.05, 4.69) is 20.6 Å². The summed E-state index contributed by atoms with van der Waals surface area (Å²) in [5.74, 6) is -0.200. The molecular weight excluding hydrogens is 252 g/mol. The van der Waals surface area contributed by atoms with E-state index in [1.54, 1.807) is 0 Å². The maximum absolute atomic E-state index is 11.9. The van der Waals surface area contributed by atoms with E-state index in [0.717, 1.165) is 12.2 Å². The van der Waals surface area contributed by atoms with E-state index in [9.17, 15) is 4.79 Å². The number of benzene rings is 1. The Labute approximate surface area is 117 Å². The van der Waals surface area contributed by atoms with Crippen LogP contribution in [-0.2, 0) is 6.54 Å². The first-order chi connectivity index (χ1) is 9.81. The number of carbonyl (C=O) groups excluding carboxylic acids is 1. The molecule has 102 valence electrons. The summed E-state index contributed by atoms with van der Waals surface area (Å²) >= 11 is 0. The molecule has 0 atom stereocenters. The van der Waals surface area contributed by atoms with Gasteiger partial charge in [-0.05, 0) is 30.5 Å². The van der Waals surface area contributed by atoms with Crippen molar-refractivity contribution in [3.8, 4) is 0 Å². The Bertz CT molecular complexity index is 579. The standard InChI is InChI=1S/C15H16N4O/c20-15(12-8-16-10-17-9-12)19-14-3-1-11(2-4-14)7-18-13-5-6-13/h1-4,8-10,13,18H,5-7H2,(H,19,20). The van der Waals surface area contributed by atoms with E-state index in [4.69, 9.17) is 0 Å². The highest BCUT2D eigenvalue weighted by atomic mass is 16.1. The van der Waals surface area contributed by atoms with Gasteiger partial charge in [0.25, 0.3) is 5.91 Å². The monoisotopic (exact) mass is 268 g/mol. The van der Waals surface area contributed by atoms with Crippen LogP contribution in [0.3, 0.4) is 0 Å². The zero-order valence-corrected chi connectivity index (χ0v) is 11.0. The van der Waals surface area contributed by atoms with Crippen molar-refractivity contribution < 1.29 is 4.79 Å². The smallest absolute Gasteiger partial charge is 0.258 e. The van der Waals surface area contributed by atoms with Crippen molar-refractivity contribution >= 4 is 11.6 Å². The number of nitrogens with one attached hydrogen (secondary N) is 2. The molecular formula is C15H16N4O. The molecule has 1 aromatic heterocycles. The van der Waals surface area contributed by atoms with Crippen LogP contribution in [0.4, 0.5) is 5.69 Å². The van der Waals surface area contributed by atoms with Gasteiger partial charge >= 0.3 is 0 Å². The SMILES string of the molecule is O=C(Nc1ccc(CNC2CC2)cc1)c1cncnc1. The minimum atomic E-state index is -0.200. The van der Waals surface area contributed by atoms with E-state index in [-0.39, 0.29) is 5.91 Å². The number of anilines is 1. The van der Waals surface area contributed by atoms with Crippen LogP contribution in [0.5, 0.6) is 0 Å². The summed E-state index contributed by atoms with van der Waals surface area (Å²) in [6.07, 6.45) is 6.96. The van der Waals surface area contributed by atoms with Crippen LogP contribution in [0.25, 0.3) is 0 Å². The van der Waals surface area contributed by atoms with Crippen molar-refractivity contribution in [3.05, 3.63) is 54.1 Å². The Morgan fingerprint density at radius 3 is 2.50 bits per heavy atom. The highest BCUT2D eigenvalue weighted by molar-refractivity contribution is 6.03. The van der Waals surface area contributed by atoms with Crippen molar-refractivity contribution in [2.75, 3.05) is 5.32 Å². The average molecular weight is 268 g/mol. The molecule has 0 saturated heterocycles. The van der Waals surface area contributed by atoms with Crippen molar-refractivity contribution in [1.82, 2.24) is 15.3 Å². The van der Waals surface area contributed by atoms with Gasteiger partial charge in [-0.25, -0.2) is 9.97 Å². The Morgan fingerprint density at radius 1 is 1.15 bits per heavy atom. The van der Waals surface area contributed by atoms with Crippen LogP contribution < -0.4 is 10.6 Å². The Hall–Kier alpha value is -2.27. The highest BCUT2D eigenvalue weighted by Crippen LogP contribution is 2.19. The third-order valence-corrected chi connectivity index (χ3v) is 3.21. The predicted molar refractivity (Wildman–Crippen MR) is 76.3 cm³/mol. The number of rotatable bonds is 5. The fourth-order valence-corrected chi connectivity index (χ4v) is 1.88. The number of aromatic nitrogens is 2. The number of hydrogen-bond donors (Lipinski definition) is 2. The average Bonchev–Trinajstić information content (AvgIpc) is 3.32. The molecule has 1 saturated carbocycles. The fraction of sp³-hybridized carbons (Fsp3) is 0.267. The van der Waals surface area contributed by atoms with Crippen LogP contribution in [0.2, 0.25) is 0 Å². The summed E-state index contributed by atoms with van der Waals surface area (Å²) in [7, 11) is 0. The van der Waals surface area contributed by atoms with Gasteiger partial charge in [-0.2, -0.15) is 0 Å². The number of hydrogen-bond acceptors (Lipinski definition) is 4. The molecule has 3 rings (SSSR count). The van der Waals surface area contributed by atoms with Gasteiger partial charge in [0.1, 0.15) is 6.33 Å². The van der Waals surface area contributed by atoms with Crippen LogP contribution in [0, 0.1) is 0 Å². The molecule has 20 heavy (non-hydrogen) atoms. The predicted octanol–water partition coefficient (Wildman–Crippen LogP) is 1.98. The van der Waals surface area contributed by atoms with E-state index >= 15 is 0 Å². The van der Waals surface area contributed by atoms with Crippen LogP contribution in [0.1, 0.15) is 28.8 Å². The van der Waals surface area contributed by atoms with Gasteiger partial charge in [-0.3, -0.25) is 4.79 Å². The van der Waals surface area contributed by atoms with Gasteiger partial charge in [-0.15, -0.1) is 0 Å². The van der Waals surface area contributed by atoms with Gasteiger partial charge in [0.05, 0.1) is 5.56 Å². The minimum absolute atomic E-state index is 0.200. The molecule has 2 N–H and O–H groups in total. The highest BCUT2D eigenvalue weighted by Gasteiger charge is 2.19. The molecule has 0 spiro atoms. The first kappa shape index (κ1) is 12.7. The summed E-state index contributed by atoms with van der Waals surface area (Å²) in [5.41, 5.74) is 2.44. The minimum Gasteiger partial charge on any atom is -0.322 e. The zero-order chi connectivity index (χ0) is 13.8. The molecule has 0 aliphatic heterocycles. The molecule has 0 bridgehead atoms. The number of carbonyl (C=O) groups is 1. The molecule has 1 amide bonds. The molecule has 1 aromatic carbocycles. The lowest BCUT2D eigenvalue weighted by atomic mass is 10.2. The summed E-state index contributed by atoms with van der Waals surface area (Å²) in [6, 6.07) is 8.56. The second kappa shape index (κ2) is 5.79. The summed E-state index contributed by atoms with van der Waals surface area (Å²) in [6.45, 7) is 0.880. The first-order valence-electron chi connectivity index (χ1n) is 6.70. The summed E-state index contributed by atoms with van der Waals surface area (Å²) < 4.78 is 0. The van der Waals surface area contributed by atoms with E-state index in [1.165, 1.54) is 37.1 Å². The van der Waals surface area contributed by atoms with Crippen molar-refractivity contribution in [1.29, 1.82) is 0 Å². The fourth-order valence-electron chi connectivity index (χ4n) is 1.88. The Kier molecular flexibility index (Phi) is 3.69. The van der Waals surface area contributed by atoms with E-state index in [1.807, 2.05) is 24.3 Å². The molecule has 1 heterocycles. The normalized spacial score (nSPS) is 14.0. The second-order valence-electron chi connectivity index (χ2n) is 4.93. The van der Waals surface area contributed by atoms with Gasteiger partial charge in [-0.1, -0.05) is 12.1 Å². The van der Waals surface area contributed by atoms with Gasteiger partial charge in [0, 0.05) is 30.7 Å². The lowest BCUT2D eigenvalue weighted by molar-refractivity contribution is 0.102. The Morgan fingerprint density at radius 2 is 1.85 bits per heavy atom. The molecule has 1 aliphatic carbocycles. The van der Waals surface area contributed by atoms with Crippen molar-refractivity contribution in [2.24, 2.45) is 0 Å². The number of nitrogens with zero attached hydrogens (tertiary/aromatic N) is 2. The third kappa shape index (κ3) is 3.39.